The fourth-order valence-corrected chi connectivity index (χ4v) is 2.61. The van der Waals surface area contributed by atoms with Crippen molar-refractivity contribution in [2.24, 2.45) is 0 Å². The third kappa shape index (κ3) is 5.21. The monoisotopic (exact) mass is 335 g/mol. The van der Waals surface area contributed by atoms with Gasteiger partial charge in [-0.3, -0.25) is 4.79 Å². The minimum absolute atomic E-state index is 0.00742. The van der Waals surface area contributed by atoms with E-state index in [0.717, 1.165) is 5.69 Å². The van der Waals surface area contributed by atoms with Crippen LogP contribution in [0.1, 0.15) is 20.3 Å². The Kier molecular flexibility index (Phi) is 7.02. The summed E-state index contributed by atoms with van der Waals surface area (Å²) >= 11 is 0. The average Bonchev–Trinajstić information content (AvgIpc) is 2.94. The molecule has 1 heterocycles. The van der Waals surface area contributed by atoms with E-state index >= 15 is 0 Å². The fraction of sp³-hybridized carbons (Fsp3) is 0.529. The molecule has 1 unspecified atom stereocenters. The van der Waals surface area contributed by atoms with Gasteiger partial charge in [-0.2, -0.15) is 0 Å². The van der Waals surface area contributed by atoms with Crippen molar-refractivity contribution in [3.05, 3.63) is 30.3 Å². The van der Waals surface area contributed by atoms with Gasteiger partial charge in [0.25, 0.3) is 0 Å². The zero-order chi connectivity index (χ0) is 17.4. The van der Waals surface area contributed by atoms with E-state index in [1.807, 2.05) is 44.2 Å². The molecule has 0 aliphatic carbocycles. The van der Waals surface area contributed by atoms with Crippen molar-refractivity contribution in [1.29, 1.82) is 0 Å². The van der Waals surface area contributed by atoms with Crippen LogP contribution < -0.4 is 15.5 Å². The Labute approximate surface area is 142 Å². The highest BCUT2D eigenvalue weighted by molar-refractivity contribution is 5.96. The number of benzene rings is 1. The van der Waals surface area contributed by atoms with Crippen LogP contribution in [0.4, 0.5) is 10.5 Å². The average molecular weight is 335 g/mol. The maximum atomic E-state index is 12.1. The van der Waals surface area contributed by atoms with Crippen molar-refractivity contribution in [3.63, 3.8) is 0 Å². The number of hydrogen-bond donors (Lipinski definition) is 2. The largest absolute Gasteiger partial charge is 0.351 e. The lowest BCUT2D eigenvalue weighted by molar-refractivity contribution is -0.131. The molecular weight excluding hydrogens is 310 g/mol. The first-order valence-electron chi connectivity index (χ1n) is 8.27. The molecule has 2 N–H and O–H groups in total. The van der Waals surface area contributed by atoms with Gasteiger partial charge in [0.1, 0.15) is 0 Å². The summed E-state index contributed by atoms with van der Waals surface area (Å²) in [5, 5.41) is 5.54. The van der Waals surface area contributed by atoms with E-state index in [9.17, 15) is 9.59 Å². The highest BCUT2D eigenvalue weighted by Crippen LogP contribution is 2.20. The number of nitrogens with zero attached hydrogens (tertiary/aromatic N) is 1. The molecule has 0 bridgehead atoms. The molecule has 0 aromatic heterocycles. The molecule has 1 aromatic carbocycles. The molecule has 24 heavy (non-hydrogen) atoms. The van der Waals surface area contributed by atoms with Crippen molar-refractivity contribution in [1.82, 2.24) is 10.6 Å². The van der Waals surface area contributed by atoms with Gasteiger partial charge in [-0.05, 0) is 26.0 Å². The third-order valence-corrected chi connectivity index (χ3v) is 3.66. The Morgan fingerprint density at radius 3 is 2.54 bits per heavy atom. The Hall–Kier alpha value is -2.12. The van der Waals surface area contributed by atoms with E-state index in [1.165, 1.54) is 0 Å². The molecule has 1 aliphatic heterocycles. The van der Waals surface area contributed by atoms with Gasteiger partial charge in [-0.25, -0.2) is 4.79 Å². The van der Waals surface area contributed by atoms with Gasteiger partial charge >= 0.3 is 6.03 Å². The summed E-state index contributed by atoms with van der Waals surface area (Å²) in [6, 6.07) is 8.91. The van der Waals surface area contributed by atoms with E-state index in [4.69, 9.17) is 9.47 Å². The highest BCUT2D eigenvalue weighted by atomic mass is 16.7. The van der Waals surface area contributed by atoms with Gasteiger partial charge in [0.05, 0.1) is 12.6 Å². The van der Waals surface area contributed by atoms with Crippen LogP contribution in [-0.2, 0) is 14.3 Å². The van der Waals surface area contributed by atoms with Gasteiger partial charge in [-0.15, -0.1) is 0 Å². The lowest BCUT2D eigenvalue weighted by Gasteiger charge is -2.19. The zero-order valence-corrected chi connectivity index (χ0v) is 14.2. The lowest BCUT2D eigenvalue weighted by atomic mass is 10.2. The second-order valence-electron chi connectivity index (χ2n) is 5.44. The van der Waals surface area contributed by atoms with Crippen LogP contribution in [-0.4, -0.2) is 50.6 Å². The van der Waals surface area contributed by atoms with Crippen molar-refractivity contribution < 1.29 is 19.1 Å². The van der Waals surface area contributed by atoms with Crippen LogP contribution >= 0.6 is 0 Å². The number of nitrogens with one attached hydrogen (secondary N) is 2. The van der Waals surface area contributed by atoms with E-state index < -0.39 is 6.29 Å². The van der Waals surface area contributed by atoms with Crippen LogP contribution in [0.5, 0.6) is 0 Å². The predicted molar refractivity (Wildman–Crippen MR) is 90.8 cm³/mol. The van der Waals surface area contributed by atoms with Gasteiger partial charge in [0.2, 0.25) is 5.91 Å². The topological polar surface area (TPSA) is 79.9 Å². The molecule has 0 spiro atoms. The molecule has 132 valence electrons. The molecular formula is C17H25N3O4. The number of anilines is 1. The van der Waals surface area contributed by atoms with Crippen molar-refractivity contribution in [2.75, 3.05) is 31.2 Å². The molecule has 3 amide bonds. The summed E-state index contributed by atoms with van der Waals surface area (Å²) in [7, 11) is 0. The van der Waals surface area contributed by atoms with Crippen molar-refractivity contribution in [2.45, 2.75) is 32.6 Å². The maximum absolute atomic E-state index is 12.1. The van der Waals surface area contributed by atoms with Gasteiger partial charge < -0.3 is 25.0 Å². The number of carbonyl (C=O) groups is 2. The molecule has 7 heteroatoms. The van der Waals surface area contributed by atoms with Gasteiger partial charge in [-0.1, -0.05) is 18.2 Å². The third-order valence-electron chi connectivity index (χ3n) is 3.66. The highest BCUT2D eigenvalue weighted by Gasteiger charge is 2.31. The normalized spacial score (nSPS) is 17.4. The molecule has 1 aliphatic rings. The van der Waals surface area contributed by atoms with Crippen molar-refractivity contribution in [3.8, 4) is 0 Å². The number of para-hydroxylation sites is 1. The van der Waals surface area contributed by atoms with Crippen molar-refractivity contribution >= 4 is 17.6 Å². The van der Waals surface area contributed by atoms with Crippen LogP contribution in [0, 0.1) is 0 Å². The lowest BCUT2D eigenvalue weighted by Crippen LogP contribution is -2.46. The Balaban J connectivity index is 1.79. The zero-order valence-electron chi connectivity index (χ0n) is 14.2. The molecule has 1 saturated heterocycles. The molecule has 7 nitrogen and oxygen atoms in total. The Morgan fingerprint density at radius 1 is 1.25 bits per heavy atom. The number of ether oxygens (including phenoxy) is 2. The second kappa shape index (κ2) is 9.24. The Morgan fingerprint density at radius 2 is 1.92 bits per heavy atom. The fourth-order valence-electron chi connectivity index (χ4n) is 2.61. The first-order chi connectivity index (χ1) is 11.6. The van der Waals surface area contributed by atoms with E-state index in [-0.39, 0.29) is 24.5 Å². The standard InChI is InChI=1S/C17H25N3O4/c1-3-23-16(24-4-2)11-18-17(22)19-13-10-15(21)20(12-13)14-8-6-5-7-9-14/h5-9,13,16H,3-4,10-12H2,1-2H3,(H2,18,19,22). The van der Waals surface area contributed by atoms with Gasteiger partial charge in [0, 0.05) is 31.9 Å². The predicted octanol–water partition coefficient (Wildman–Crippen LogP) is 1.49. The summed E-state index contributed by atoms with van der Waals surface area (Å²) in [5.41, 5.74) is 0.847. The summed E-state index contributed by atoms with van der Waals surface area (Å²) < 4.78 is 10.7. The first kappa shape index (κ1) is 18.2. The molecule has 0 radical (unpaired) electrons. The smallest absolute Gasteiger partial charge is 0.315 e. The van der Waals surface area contributed by atoms with Crippen LogP contribution in [0.2, 0.25) is 0 Å². The number of rotatable bonds is 8. The number of urea groups is 1. The second-order valence-corrected chi connectivity index (χ2v) is 5.44. The summed E-state index contributed by atoms with van der Waals surface area (Å²) in [6.07, 6.45) is -0.167. The number of carbonyl (C=O) groups excluding carboxylic acids is 2. The van der Waals surface area contributed by atoms with Crippen LogP contribution in [0.25, 0.3) is 0 Å². The van der Waals surface area contributed by atoms with Crippen LogP contribution in [0.15, 0.2) is 30.3 Å². The summed E-state index contributed by atoms with van der Waals surface area (Å²) in [5.74, 6) is 0.00742. The quantitative estimate of drug-likeness (QED) is 0.706. The molecule has 1 aromatic rings. The van der Waals surface area contributed by atoms with E-state index in [2.05, 4.69) is 10.6 Å². The summed E-state index contributed by atoms with van der Waals surface area (Å²) in [6.45, 7) is 5.49. The Bertz CT molecular complexity index is 532. The minimum Gasteiger partial charge on any atom is -0.351 e. The number of amides is 3. The minimum atomic E-state index is -0.461. The molecule has 1 atom stereocenters. The van der Waals surface area contributed by atoms with E-state index in [1.54, 1.807) is 4.90 Å². The maximum Gasteiger partial charge on any atom is 0.315 e. The summed E-state index contributed by atoms with van der Waals surface area (Å²) in [4.78, 5) is 25.8. The first-order valence-corrected chi connectivity index (χ1v) is 8.27. The van der Waals surface area contributed by atoms with Crippen LogP contribution in [0.3, 0.4) is 0 Å². The van der Waals surface area contributed by atoms with E-state index in [0.29, 0.717) is 26.2 Å². The number of hydrogen-bond acceptors (Lipinski definition) is 4. The van der Waals surface area contributed by atoms with Gasteiger partial charge in [0.15, 0.2) is 6.29 Å². The SMILES string of the molecule is CCOC(CNC(=O)NC1CC(=O)N(c2ccccc2)C1)OCC. The molecule has 0 saturated carbocycles. The molecule has 1 fully saturated rings. The molecule has 2 rings (SSSR count).